The summed E-state index contributed by atoms with van der Waals surface area (Å²) in [4.78, 5) is 2.15. The Morgan fingerprint density at radius 1 is 0.938 bits per heavy atom. The molecule has 82 valence electrons. The molecular formula is C13H10Cl2S. The lowest BCUT2D eigenvalue weighted by atomic mass is 10.2. The van der Waals surface area contributed by atoms with Crippen molar-refractivity contribution in [2.24, 2.45) is 0 Å². The molecule has 0 aliphatic heterocycles. The minimum atomic E-state index is 0.707. The summed E-state index contributed by atoms with van der Waals surface area (Å²) >= 11 is 13.7. The molecule has 0 spiro atoms. The van der Waals surface area contributed by atoms with Crippen LogP contribution in [0.2, 0.25) is 10.0 Å². The second kappa shape index (κ2) is 5.13. The van der Waals surface area contributed by atoms with Crippen molar-refractivity contribution < 1.29 is 0 Å². The minimum Gasteiger partial charge on any atom is -0.0885 e. The third kappa shape index (κ3) is 2.94. The van der Waals surface area contributed by atoms with Gasteiger partial charge in [0.25, 0.3) is 0 Å². The van der Waals surface area contributed by atoms with Crippen LogP contribution in [0.3, 0.4) is 0 Å². The molecule has 3 heteroatoms. The van der Waals surface area contributed by atoms with Crippen LogP contribution in [0.5, 0.6) is 0 Å². The number of hydrogen-bond acceptors (Lipinski definition) is 1. The molecule has 0 radical (unpaired) electrons. The van der Waals surface area contributed by atoms with Gasteiger partial charge in [0.15, 0.2) is 0 Å². The van der Waals surface area contributed by atoms with E-state index in [1.165, 1.54) is 5.56 Å². The largest absolute Gasteiger partial charge is 0.0885 e. The quantitative estimate of drug-likeness (QED) is 0.698. The maximum Gasteiger partial charge on any atom is 0.0546 e. The Hall–Kier alpha value is -0.630. The van der Waals surface area contributed by atoms with E-state index in [4.69, 9.17) is 23.2 Å². The van der Waals surface area contributed by atoms with Gasteiger partial charge in [-0.15, -0.1) is 0 Å². The molecule has 2 rings (SSSR count). The molecule has 0 N–H and O–H groups in total. The predicted molar refractivity (Wildman–Crippen MR) is 71.8 cm³/mol. The number of aryl methyl sites for hydroxylation is 1. The van der Waals surface area contributed by atoms with E-state index in [2.05, 4.69) is 31.2 Å². The van der Waals surface area contributed by atoms with Gasteiger partial charge in [-0.25, -0.2) is 0 Å². The molecule has 0 saturated carbocycles. The van der Waals surface area contributed by atoms with E-state index in [-0.39, 0.29) is 0 Å². The van der Waals surface area contributed by atoms with Gasteiger partial charge in [0.05, 0.1) is 5.02 Å². The molecule has 0 saturated heterocycles. The van der Waals surface area contributed by atoms with Crippen molar-refractivity contribution >= 4 is 35.0 Å². The summed E-state index contributed by atoms with van der Waals surface area (Å²) in [5.74, 6) is 0. The van der Waals surface area contributed by atoms with E-state index in [0.29, 0.717) is 5.02 Å². The SMILES string of the molecule is Cc1ccc(Sc2cc(Cl)ccc2Cl)cc1. The number of halogens is 2. The van der Waals surface area contributed by atoms with Crippen LogP contribution in [0.4, 0.5) is 0 Å². The van der Waals surface area contributed by atoms with Crippen LogP contribution in [0, 0.1) is 6.92 Å². The van der Waals surface area contributed by atoms with Gasteiger partial charge in [-0.2, -0.15) is 0 Å². The molecule has 0 bridgehead atoms. The zero-order valence-corrected chi connectivity index (χ0v) is 11.0. The molecule has 0 nitrogen and oxygen atoms in total. The standard InChI is InChI=1S/C13H10Cl2S/c1-9-2-5-11(6-3-9)16-13-8-10(14)4-7-12(13)15/h2-8H,1H3. The van der Waals surface area contributed by atoms with Crippen LogP contribution < -0.4 is 0 Å². The van der Waals surface area contributed by atoms with E-state index >= 15 is 0 Å². The van der Waals surface area contributed by atoms with Gasteiger partial charge in [0.2, 0.25) is 0 Å². The van der Waals surface area contributed by atoms with Crippen molar-refractivity contribution in [2.45, 2.75) is 16.7 Å². The summed E-state index contributed by atoms with van der Waals surface area (Å²) < 4.78 is 0. The Labute approximate surface area is 110 Å². The maximum atomic E-state index is 6.10. The van der Waals surface area contributed by atoms with Crippen molar-refractivity contribution in [3.63, 3.8) is 0 Å². The van der Waals surface area contributed by atoms with E-state index < -0.39 is 0 Å². The topological polar surface area (TPSA) is 0 Å². The average Bonchev–Trinajstić information content (AvgIpc) is 2.27. The Kier molecular flexibility index (Phi) is 3.80. The van der Waals surface area contributed by atoms with Gasteiger partial charge in [-0.05, 0) is 37.3 Å². The van der Waals surface area contributed by atoms with E-state index in [9.17, 15) is 0 Å². The van der Waals surface area contributed by atoms with Crippen molar-refractivity contribution in [2.75, 3.05) is 0 Å². The fraction of sp³-hybridized carbons (Fsp3) is 0.0769. The third-order valence-electron chi connectivity index (χ3n) is 2.14. The molecule has 0 amide bonds. The lowest BCUT2D eigenvalue weighted by molar-refractivity contribution is 1.36. The molecular weight excluding hydrogens is 259 g/mol. The Morgan fingerprint density at radius 3 is 2.31 bits per heavy atom. The summed E-state index contributed by atoms with van der Waals surface area (Å²) in [7, 11) is 0. The third-order valence-corrected chi connectivity index (χ3v) is 3.88. The lowest BCUT2D eigenvalue weighted by Gasteiger charge is -2.04. The fourth-order valence-corrected chi connectivity index (χ4v) is 2.64. The van der Waals surface area contributed by atoms with Crippen LogP contribution >= 0.6 is 35.0 Å². The number of rotatable bonds is 2. The minimum absolute atomic E-state index is 0.707. The highest BCUT2D eigenvalue weighted by atomic mass is 35.5. The average molecular weight is 269 g/mol. The van der Waals surface area contributed by atoms with Crippen LogP contribution in [0.15, 0.2) is 52.3 Å². The Bertz CT molecular complexity index is 492. The highest BCUT2D eigenvalue weighted by Crippen LogP contribution is 2.34. The van der Waals surface area contributed by atoms with Crippen molar-refractivity contribution in [3.05, 3.63) is 58.1 Å². The summed E-state index contributed by atoms with van der Waals surface area (Å²) in [6.07, 6.45) is 0. The summed E-state index contributed by atoms with van der Waals surface area (Å²) in [6.45, 7) is 2.07. The zero-order valence-electron chi connectivity index (χ0n) is 8.71. The van der Waals surface area contributed by atoms with E-state index in [1.54, 1.807) is 17.8 Å². The summed E-state index contributed by atoms with van der Waals surface area (Å²) in [5, 5.41) is 1.44. The van der Waals surface area contributed by atoms with E-state index in [1.807, 2.05) is 12.1 Å². The highest BCUT2D eigenvalue weighted by molar-refractivity contribution is 7.99. The zero-order chi connectivity index (χ0) is 11.5. The molecule has 0 heterocycles. The molecule has 0 fully saturated rings. The molecule has 0 aliphatic rings. The van der Waals surface area contributed by atoms with Crippen molar-refractivity contribution in [1.82, 2.24) is 0 Å². The second-order valence-corrected chi connectivity index (χ2v) is 5.45. The normalized spacial score (nSPS) is 10.4. The smallest absolute Gasteiger partial charge is 0.0546 e. The van der Waals surface area contributed by atoms with Gasteiger partial charge < -0.3 is 0 Å². The van der Waals surface area contributed by atoms with Crippen LogP contribution in [0.25, 0.3) is 0 Å². The Balaban J connectivity index is 2.26. The van der Waals surface area contributed by atoms with Crippen LogP contribution in [-0.2, 0) is 0 Å². The maximum absolute atomic E-state index is 6.10. The van der Waals surface area contributed by atoms with Gasteiger partial charge in [-0.3, -0.25) is 0 Å². The second-order valence-electron chi connectivity index (χ2n) is 3.49. The molecule has 2 aromatic rings. The molecule has 2 aromatic carbocycles. The fourth-order valence-electron chi connectivity index (χ4n) is 1.29. The highest BCUT2D eigenvalue weighted by Gasteiger charge is 2.03. The first-order valence-corrected chi connectivity index (χ1v) is 6.42. The number of benzene rings is 2. The molecule has 0 atom stereocenters. The summed E-state index contributed by atoms with van der Waals surface area (Å²) in [6, 6.07) is 13.8. The first-order valence-electron chi connectivity index (χ1n) is 4.85. The van der Waals surface area contributed by atoms with Crippen molar-refractivity contribution in [3.8, 4) is 0 Å². The summed E-state index contributed by atoms with van der Waals surface area (Å²) in [5.41, 5.74) is 1.25. The van der Waals surface area contributed by atoms with Crippen LogP contribution in [0.1, 0.15) is 5.56 Å². The van der Waals surface area contributed by atoms with Gasteiger partial charge in [-0.1, -0.05) is 52.7 Å². The molecule has 0 aromatic heterocycles. The van der Waals surface area contributed by atoms with Crippen molar-refractivity contribution in [1.29, 1.82) is 0 Å². The molecule has 16 heavy (non-hydrogen) atoms. The molecule has 0 unspecified atom stereocenters. The first kappa shape index (κ1) is 11.8. The van der Waals surface area contributed by atoms with Gasteiger partial charge >= 0.3 is 0 Å². The first-order chi connectivity index (χ1) is 7.65. The van der Waals surface area contributed by atoms with Crippen LogP contribution in [-0.4, -0.2) is 0 Å². The molecule has 0 aliphatic carbocycles. The van der Waals surface area contributed by atoms with Gasteiger partial charge in [0.1, 0.15) is 0 Å². The van der Waals surface area contributed by atoms with Gasteiger partial charge in [0, 0.05) is 14.8 Å². The predicted octanol–water partition coefficient (Wildman–Crippen LogP) is 5.45. The monoisotopic (exact) mass is 268 g/mol. The lowest BCUT2D eigenvalue weighted by Crippen LogP contribution is -1.77. The Morgan fingerprint density at radius 2 is 1.62 bits per heavy atom. The number of hydrogen-bond donors (Lipinski definition) is 0. The van der Waals surface area contributed by atoms with E-state index in [0.717, 1.165) is 14.8 Å².